The topological polar surface area (TPSA) is 64.1 Å². The van der Waals surface area contributed by atoms with Crippen molar-refractivity contribution in [3.05, 3.63) is 77.6 Å². The van der Waals surface area contributed by atoms with Crippen LogP contribution in [0.15, 0.2) is 48.8 Å². The van der Waals surface area contributed by atoms with E-state index in [2.05, 4.69) is 15.3 Å². The van der Waals surface area contributed by atoms with Crippen LogP contribution in [0.3, 0.4) is 0 Å². The molecule has 1 N–H and O–H groups in total. The lowest BCUT2D eigenvalue weighted by molar-refractivity contribution is 0.102. The van der Waals surface area contributed by atoms with Crippen LogP contribution in [0.25, 0.3) is 0 Å². The van der Waals surface area contributed by atoms with Crippen molar-refractivity contribution in [1.29, 1.82) is 0 Å². The zero-order chi connectivity index (χ0) is 18.7. The minimum Gasteiger partial charge on any atom is -0.421 e. The van der Waals surface area contributed by atoms with E-state index in [0.29, 0.717) is 6.07 Å². The van der Waals surface area contributed by atoms with E-state index in [4.69, 9.17) is 4.74 Å². The lowest BCUT2D eigenvalue weighted by Gasteiger charge is -2.08. The van der Waals surface area contributed by atoms with Gasteiger partial charge in [0.25, 0.3) is 5.91 Å². The van der Waals surface area contributed by atoms with Crippen molar-refractivity contribution in [3.8, 4) is 11.8 Å². The molecule has 26 heavy (non-hydrogen) atoms. The molecule has 0 saturated carbocycles. The minimum atomic E-state index is -1.75. The summed E-state index contributed by atoms with van der Waals surface area (Å²) in [5, 5.41) is 2.23. The Morgan fingerprint density at radius 1 is 0.885 bits per heavy atom. The molecule has 1 amide bonds. The number of hydrogen-bond acceptors (Lipinski definition) is 4. The van der Waals surface area contributed by atoms with Crippen molar-refractivity contribution in [1.82, 2.24) is 9.97 Å². The first-order chi connectivity index (χ1) is 12.5. The lowest BCUT2D eigenvalue weighted by Crippen LogP contribution is -2.15. The number of nitrogens with zero attached hydrogens (tertiary/aromatic N) is 2. The van der Waals surface area contributed by atoms with Gasteiger partial charge in [-0.2, -0.15) is 0 Å². The third-order valence-electron chi connectivity index (χ3n) is 3.20. The van der Waals surface area contributed by atoms with Crippen molar-refractivity contribution < 1.29 is 27.1 Å². The van der Waals surface area contributed by atoms with E-state index in [1.54, 1.807) is 6.07 Å². The van der Waals surface area contributed by atoms with Crippen LogP contribution >= 0.6 is 0 Å². The number of anilines is 1. The first-order valence-corrected chi connectivity index (χ1v) is 7.15. The standard InChI is InChI=1S/C17H9F4N3O2/c18-11-3-1-2-4-13(11)26-17-22-7-9(8-23-17)24-16(25)10-5-6-12(19)15(21)14(10)20/h1-8H,(H,24,25). The summed E-state index contributed by atoms with van der Waals surface area (Å²) >= 11 is 0. The lowest BCUT2D eigenvalue weighted by atomic mass is 10.2. The molecule has 0 aliphatic heterocycles. The van der Waals surface area contributed by atoms with Gasteiger partial charge in [-0.05, 0) is 24.3 Å². The Labute approximate surface area is 144 Å². The van der Waals surface area contributed by atoms with Gasteiger partial charge in [-0.3, -0.25) is 4.79 Å². The number of para-hydroxylation sites is 1. The maximum atomic E-state index is 13.6. The third kappa shape index (κ3) is 3.61. The molecule has 0 atom stereocenters. The predicted octanol–water partition coefficient (Wildman–Crippen LogP) is 4.08. The van der Waals surface area contributed by atoms with Gasteiger partial charge in [0.05, 0.1) is 23.6 Å². The number of amides is 1. The fraction of sp³-hybridized carbons (Fsp3) is 0. The molecule has 0 saturated heterocycles. The first-order valence-electron chi connectivity index (χ1n) is 7.15. The molecule has 1 heterocycles. The highest BCUT2D eigenvalue weighted by atomic mass is 19.2. The van der Waals surface area contributed by atoms with E-state index in [9.17, 15) is 22.4 Å². The summed E-state index contributed by atoms with van der Waals surface area (Å²) in [6, 6.07) is 6.87. The van der Waals surface area contributed by atoms with E-state index < -0.39 is 34.7 Å². The number of ether oxygens (including phenoxy) is 1. The molecule has 9 heteroatoms. The quantitative estimate of drug-likeness (QED) is 0.560. The highest BCUT2D eigenvalue weighted by Crippen LogP contribution is 2.22. The normalized spacial score (nSPS) is 10.5. The molecule has 0 radical (unpaired) electrons. The van der Waals surface area contributed by atoms with Crippen molar-refractivity contribution in [2.24, 2.45) is 0 Å². The Morgan fingerprint density at radius 2 is 1.58 bits per heavy atom. The number of nitrogens with one attached hydrogen (secondary N) is 1. The van der Waals surface area contributed by atoms with Gasteiger partial charge in [-0.15, -0.1) is 0 Å². The van der Waals surface area contributed by atoms with Gasteiger partial charge >= 0.3 is 6.01 Å². The Kier molecular flexibility index (Phi) is 4.78. The van der Waals surface area contributed by atoms with Crippen molar-refractivity contribution in [2.45, 2.75) is 0 Å². The summed E-state index contributed by atoms with van der Waals surface area (Å²) in [6.07, 6.45) is 2.25. The molecule has 132 valence electrons. The molecule has 3 aromatic rings. The maximum Gasteiger partial charge on any atom is 0.322 e. The van der Waals surface area contributed by atoms with Crippen molar-refractivity contribution >= 4 is 11.6 Å². The van der Waals surface area contributed by atoms with Gasteiger partial charge in [-0.1, -0.05) is 12.1 Å². The highest BCUT2D eigenvalue weighted by Gasteiger charge is 2.19. The fourth-order valence-electron chi connectivity index (χ4n) is 1.96. The Balaban J connectivity index is 1.72. The Bertz CT molecular complexity index is 965. The summed E-state index contributed by atoms with van der Waals surface area (Å²) in [5.41, 5.74) is -0.643. The molecule has 1 aromatic heterocycles. The minimum absolute atomic E-state index is 0.0417. The number of hydrogen-bond donors (Lipinski definition) is 1. The Morgan fingerprint density at radius 3 is 2.27 bits per heavy atom. The largest absolute Gasteiger partial charge is 0.421 e. The average Bonchev–Trinajstić information content (AvgIpc) is 2.63. The monoisotopic (exact) mass is 363 g/mol. The first kappa shape index (κ1) is 17.3. The molecule has 5 nitrogen and oxygen atoms in total. The molecule has 0 bridgehead atoms. The third-order valence-corrected chi connectivity index (χ3v) is 3.20. The van der Waals surface area contributed by atoms with Crippen molar-refractivity contribution in [3.63, 3.8) is 0 Å². The maximum absolute atomic E-state index is 13.6. The second-order valence-corrected chi connectivity index (χ2v) is 4.96. The van der Waals surface area contributed by atoms with E-state index >= 15 is 0 Å². The van der Waals surface area contributed by atoms with Crippen LogP contribution in [0, 0.1) is 23.3 Å². The number of benzene rings is 2. The van der Waals surface area contributed by atoms with E-state index in [1.165, 1.54) is 18.2 Å². The van der Waals surface area contributed by atoms with Gasteiger partial charge in [0.1, 0.15) is 0 Å². The molecule has 0 unspecified atom stereocenters. The number of rotatable bonds is 4. The van der Waals surface area contributed by atoms with Crippen LogP contribution in [0.1, 0.15) is 10.4 Å². The number of carbonyl (C=O) groups excluding carboxylic acids is 1. The fourth-order valence-corrected chi connectivity index (χ4v) is 1.96. The van der Waals surface area contributed by atoms with E-state index in [-0.39, 0.29) is 17.4 Å². The second kappa shape index (κ2) is 7.18. The summed E-state index contributed by atoms with van der Waals surface area (Å²) in [7, 11) is 0. The van der Waals surface area contributed by atoms with E-state index in [1.807, 2.05) is 0 Å². The molecular weight excluding hydrogens is 354 g/mol. The zero-order valence-corrected chi connectivity index (χ0v) is 12.8. The zero-order valence-electron chi connectivity index (χ0n) is 12.8. The van der Waals surface area contributed by atoms with Crippen LogP contribution in [0.4, 0.5) is 23.2 Å². The molecule has 0 aliphatic carbocycles. The molecule has 2 aromatic carbocycles. The molecule has 3 rings (SSSR count). The number of aromatic nitrogens is 2. The van der Waals surface area contributed by atoms with Crippen LogP contribution in [0.2, 0.25) is 0 Å². The molecular formula is C17H9F4N3O2. The summed E-state index contributed by atoms with van der Waals surface area (Å²) in [4.78, 5) is 19.5. The second-order valence-electron chi connectivity index (χ2n) is 4.96. The number of carbonyl (C=O) groups is 1. The number of halogens is 4. The smallest absolute Gasteiger partial charge is 0.322 e. The molecule has 0 spiro atoms. The summed E-state index contributed by atoms with van der Waals surface area (Å²) < 4.78 is 58.3. The van der Waals surface area contributed by atoms with Crippen LogP contribution < -0.4 is 10.1 Å². The van der Waals surface area contributed by atoms with E-state index in [0.717, 1.165) is 18.5 Å². The average molecular weight is 363 g/mol. The molecule has 0 aliphatic rings. The van der Waals surface area contributed by atoms with Crippen LogP contribution in [-0.2, 0) is 0 Å². The summed E-state index contributed by atoms with van der Waals surface area (Å²) in [5.74, 6) is -6.48. The van der Waals surface area contributed by atoms with Crippen molar-refractivity contribution in [2.75, 3.05) is 5.32 Å². The van der Waals surface area contributed by atoms with Gasteiger partial charge in [0.15, 0.2) is 29.0 Å². The summed E-state index contributed by atoms with van der Waals surface area (Å²) in [6.45, 7) is 0. The van der Waals surface area contributed by atoms with Gasteiger partial charge in [0, 0.05) is 0 Å². The highest BCUT2D eigenvalue weighted by molar-refractivity contribution is 6.04. The van der Waals surface area contributed by atoms with Gasteiger partial charge in [0.2, 0.25) is 0 Å². The van der Waals surface area contributed by atoms with Crippen LogP contribution in [0.5, 0.6) is 11.8 Å². The Hall–Kier alpha value is -3.49. The van der Waals surface area contributed by atoms with Gasteiger partial charge < -0.3 is 10.1 Å². The molecule has 0 fully saturated rings. The SMILES string of the molecule is O=C(Nc1cnc(Oc2ccccc2F)nc1)c1ccc(F)c(F)c1F. The van der Waals surface area contributed by atoms with Crippen LogP contribution in [-0.4, -0.2) is 15.9 Å². The van der Waals surface area contributed by atoms with Gasteiger partial charge in [-0.25, -0.2) is 27.5 Å². The predicted molar refractivity (Wildman–Crippen MR) is 82.8 cm³/mol.